The molecule has 0 saturated carbocycles. The highest BCUT2D eigenvalue weighted by Gasteiger charge is 2.30. The molecule has 5 heteroatoms. The molecule has 2 aromatic rings. The van der Waals surface area contributed by atoms with Crippen molar-refractivity contribution in [3.8, 4) is 0 Å². The zero-order valence-electron chi connectivity index (χ0n) is 10.5. The highest BCUT2D eigenvalue weighted by molar-refractivity contribution is 6.28. The van der Waals surface area contributed by atoms with Crippen LogP contribution in [0.1, 0.15) is 0 Å². The standard InChI is InChI=1S/C13H15ClN4/c1-17(2)9-7-18(8-9)12-10-5-3-4-6-11(10)15-13(14)16-12/h3-6,9H,7-8H2,1-2H3. The van der Waals surface area contributed by atoms with Gasteiger partial charge >= 0.3 is 0 Å². The molecule has 0 bridgehead atoms. The second-order valence-electron chi connectivity index (χ2n) is 4.86. The first-order chi connectivity index (χ1) is 8.65. The molecule has 0 unspecified atom stereocenters. The van der Waals surface area contributed by atoms with Crippen LogP contribution in [0.2, 0.25) is 5.28 Å². The molecule has 0 radical (unpaired) electrons. The lowest BCUT2D eigenvalue weighted by molar-refractivity contribution is 0.246. The second kappa shape index (κ2) is 4.37. The summed E-state index contributed by atoms with van der Waals surface area (Å²) in [6.07, 6.45) is 0. The number of fused-ring (bicyclic) bond motifs is 1. The number of aromatic nitrogens is 2. The van der Waals surface area contributed by atoms with Gasteiger partial charge in [-0.05, 0) is 37.8 Å². The summed E-state index contributed by atoms with van der Waals surface area (Å²) in [5, 5.41) is 1.39. The molecule has 0 amide bonds. The molecule has 0 aliphatic carbocycles. The highest BCUT2D eigenvalue weighted by Crippen LogP contribution is 2.29. The Kier molecular flexibility index (Phi) is 2.84. The van der Waals surface area contributed by atoms with E-state index in [2.05, 4.69) is 33.9 Å². The van der Waals surface area contributed by atoms with Crippen molar-refractivity contribution in [1.29, 1.82) is 0 Å². The average Bonchev–Trinajstić information content (AvgIpc) is 2.26. The number of benzene rings is 1. The molecule has 1 aromatic carbocycles. The van der Waals surface area contributed by atoms with Gasteiger partial charge in [0.2, 0.25) is 5.28 Å². The van der Waals surface area contributed by atoms with Gasteiger partial charge in [-0.1, -0.05) is 12.1 Å². The largest absolute Gasteiger partial charge is 0.353 e. The van der Waals surface area contributed by atoms with Crippen molar-refractivity contribution in [2.75, 3.05) is 32.1 Å². The fourth-order valence-electron chi connectivity index (χ4n) is 2.23. The summed E-state index contributed by atoms with van der Waals surface area (Å²) in [7, 11) is 4.21. The van der Waals surface area contributed by atoms with Gasteiger partial charge in [0.15, 0.2) is 0 Å². The minimum Gasteiger partial charge on any atom is -0.353 e. The number of halogens is 1. The van der Waals surface area contributed by atoms with Crippen LogP contribution >= 0.6 is 11.6 Å². The lowest BCUT2D eigenvalue weighted by Crippen LogP contribution is -2.57. The zero-order valence-corrected chi connectivity index (χ0v) is 11.2. The van der Waals surface area contributed by atoms with Crippen LogP contribution in [0.5, 0.6) is 0 Å². The van der Waals surface area contributed by atoms with Crippen molar-refractivity contribution in [3.05, 3.63) is 29.5 Å². The van der Waals surface area contributed by atoms with Crippen LogP contribution in [0.25, 0.3) is 10.9 Å². The predicted octanol–water partition coefficient (Wildman–Crippen LogP) is 2.03. The molecule has 0 atom stereocenters. The normalized spacial score (nSPS) is 16.3. The van der Waals surface area contributed by atoms with Gasteiger partial charge in [-0.15, -0.1) is 0 Å². The van der Waals surface area contributed by atoms with Crippen LogP contribution in [0, 0.1) is 0 Å². The van der Waals surface area contributed by atoms with Crippen LogP contribution in [0.3, 0.4) is 0 Å². The van der Waals surface area contributed by atoms with E-state index in [1.54, 1.807) is 0 Å². The molecule has 1 aliphatic rings. The fraction of sp³-hybridized carbons (Fsp3) is 0.385. The number of hydrogen-bond donors (Lipinski definition) is 0. The summed E-state index contributed by atoms with van der Waals surface area (Å²) in [6.45, 7) is 1.98. The third kappa shape index (κ3) is 1.91. The van der Waals surface area contributed by atoms with E-state index in [1.807, 2.05) is 24.3 Å². The average molecular weight is 263 g/mol. The molecular weight excluding hydrogens is 248 g/mol. The van der Waals surface area contributed by atoms with E-state index in [0.717, 1.165) is 29.8 Å². The number of nitrogens with zero attached hydrogens (tertiary/aromatic N) is 4. The summed E-state index contributed by atoms with van der Waals surface area (Å²) in [6, 6.07) is 8.58. The molecule has 2 heterocycles. The Morgan fingerprint density at radius 2 is 1.94 bits per heavy atom. The van der Waals surface area contributed by atoms with E-state index < -0.39 is 0 Å². The van der Waals surface area contributed by atoms with E-state index in [-0.39, 0.29) is 0 Å². The lowest BCUT2D eigenvalue weighted by atomic mass is 10.1. The third-order valence-electron chi connectivity index (χ3n) is 3.45. The molecule has 1 fully saturated rings. The predicted molar refractivity (Wildman–Crippen MR) is 74.2 cm³/mol. The lowest BCUT2D eigenvalue weighted by Gasteiger charge is -2.43. The number of hydrogen-bond acceptors (Lipinski definition) is 4. The molecule has 1 aromatic heterocycles. The topological polar surface area (TPSA) is 32.3 Å². The Balaban J connectivity index is 1.97. The van der Waals surface area contributed by atoms with Crippen molar-refractivity contribution < 1.29 is 0 Å². The quantitative estimate of drug-likeness (QED) is 0.776. The summed E-state index contributed by atoms with van der Waals surface area (Å²) in [5.74, 6) is 0.948. The zero-order chi connectivity index (χ0) is 12.7. The van der Waals surface area contributed by atoms with Crippen molar-refractivity contribution in [1.82, 2.24) is 14.9 Å². The summed E-state index contributed by atoms with van der Waals surface area (Å²) in [5.41, 5.74) is 0.904. The van der Waals surface area contributed by atoms with Crippen LogP contribution in [0.15, 0.2) is 24.3 Å². The molecule has 18 heavy (non-hydrogen) atoms. The molecule has 0 N–H and O–H groups in total. The molecule has 94 valence electrons. The third-order valence-corrected chi connectivity index (χ3v) is 3.62. The van der Waals surface area contributed by atoms with Gasteiger partial charge in [-0.25, -0.2) is 4.98 Å². The van der Waals surface area contributed by atoms with Crippen molar-refractivity contribution in [2.45, 2.75) is 6.04 Å². The van der Waals surface area contributed by atoms with Crippen molar-refractivity contribution >= 4 is 28.3 Å². The summed E-state index contributed by atoms with van der Waals surface area (Å²) >= 11 is 5.99. The van der Waals surface area contributed by atoms with Crippen LogP contribution in [0.4, 0.5) is 5.82 Å². The minimum absolute atomic E-state index is 0.317. The molecule has 4 nitrogen and oxygen atoms in total. The Morgan fingerprint density at radius 1 is 1.22 bits per heavy atom. The van der Waals surface area contributed by atoms with E-state index in [0.29, 0.717) is 11.3 Å². The Hall–Kier alpha value is -1.39. The van der Waals surface area contributed by atoms with Gasteiger partial charge in [0.25, 0.3) is 0 Å². The summed E-state index contributed by atoms with van der Waals surface area (Å²) < 4.78 is 0. The molecule has 1 aliphatic heterocycles. The van der Waals surface area contributed by atoms with Gasteiger partial charge in [0, 0.05) is 24.5 Å². The maximum atomic E-state index is 5.99. The maximum Gasteiger partial charge on any atom is 0.224 e. The van der Waals surface area contributed by atoms with Crippen LogP contribution < -0.4 is 4.90 Å². The molecule has 1 saturated heterocycles. The van der Waals surface area contributed by atoms with Gasteiger partial charge in [-0.2, -0.15) is 4.98 Å². The Morgan fingerprint density at radius 3 is 2.67 bits per heavy atom. The maximum absolute atomic E-state index is 5.99. The first kappa shape index (κ1) is 11.7. The fourth-order valence-corrected chi connectivity index (χ4v) is 2.40. The van der Waals surface area contributed by atoms with Crippen molar-refractivity contribution in [3.63, 3.8) is 0 Å². The van der Waals surface area contributed by atoms with E-state index in [4.69, 9.17) is 11.6 Å². The van der Waals surface area contributed by atoms with E-state index in [9.17, 15) is 0 Å². The van der Waals surface area contributed by atoms with Crippen LogP contribution in [-0.2, 0) is 0 Å². The first-order valence-corrected chi connectivity index (χ1v) is 6.36. The number of anilines is 1. The SMILES string of the molecule is CN(C)C1CN(c2nc(Cl)nc3ccccc23)C1. The highest BCUT2D eigenvalue weighted by atomic mass is 35.5. The van der Waals surface area contributed by atoms with Crippen LogP contribution in [-0.4, -0.2) is 48.1 Å². The smallest absolute Gasteiger partial charge is 0.224 e. The Bertz CT molecular complexity index is 578. The summed E-state index contributed by atoms with van der Waals surface area (Å²) in [4.78, 5) is 13.1. The van der Waals surface area contributed by atoms with Gasteiger partial charge in [0.05, 0.1) is 5.52 Å². The minimum atomic E-state index is 0.317. The Labute approximate surface area is 111 Å². The number of para-hydroxylation sites is 1. The molecule has 3 rings (SSSR count). The number of rotatable bonds is 2. The first-order valence-electron chi connectivity index (χ1n) is 5.99. The monoisotopic (exact) mass is 262 g/mol. The van der Waals surface area contributed by atoms with Gasteiger partial charge in [0.1, 0.15) is 5.82 Å². The van der Waals surface area contributed by atoms with E-state index in [1.165, 1.54) is 0 Å². The van der Waals surface area contributed by atoms with E-state index >= 15 is 0 Å². The molecule has 0 spiro atoms. The second-order valence-corrected chi connectivity index (χ2v) is 5.19. The van der Waals surface area contributed by atoms with Gasteiger partial charge in [-0.3, -0.25) is 0 Å². The van der Waals surface area contributed by atoms with Gasteiger partial charge < -0.3 is 9.80 Å². The molecular formula is C13H15ClN4. The number of likely N-dealkylation sites (N-methyl/N-ethyl adjacent to an activating group) is 1. The van der Waals surface area contributed by atoms with Crippen molar-refractivity contribution in [2.24, 2.45) is 0 Å².